The SMILES string of the molecule is O=C(O)C1CNCC1c1ccc(F)cc1Br. The Bertz CT molecular complexity index is 424. The Kier molecular flexibility index (Phi) is 3.25. The number of carbonyl (C=O) groups is 1. The largest absolute Gasteiger partial charge is 0.481 e. The Hall–Kier alpha value is -0.940. The van der Waals surface area contributed by atoms with E-state index < -0.39 is 11.9 Å². The minimum Gasteiger partial charge on any atom is -0.481 e. The Morgan fingerprint density at radius 1 is 1.50 bits per heavy atom. The maximum Gasteiger partial charge on any atom is 0.308 e. The summed E-state index contributed by atoms with van der Waals surface area (Å²) in [5.41, 5.74) is 0.846. The highest BCUT2D eigenvalue weighted by Crippen LogP contribution is 2.33. The van der Waals surface area contributed by atoms with Gasteiger partial charge in [0, 0.05) is 23.5 Å². The lowest BCUT2D eigenvalue weighted by molar-refractivity contribution is -0.141. The summed E-state index contributed by atoms with van der Waals surface area (Å²) in [6.07, 6.45) is 0. The molecular formula is C11H11BrFNO2. The minimum atomic E-state index is -0.814. The molecule has 0 spiro atoms. The van der Waals surface area contributed by atoms with E-state index in [4.69, 9.17) is 5.11 Å². The zero-order valence-electron chi connectivity index (χ0n) is 8.41. The van der Waals surface area contributed by atoms with Gasteiger partial charge in [-0.1, -0.05) is 22.0 Å². The lowest BCUT2D eigenvalue weighted by Gasteiger charge is -2.16. The van der Waals surface area contributed by atoms with Crippen molar-refractivity contribution in [2.24, 2.45) is 5.92 Å². The third-order valence-corrected chi connectivity index (χ3v) is 3.58. The smallest absolute Gasteiger partial charge is 0.308 e. The average molecular weight is 288 g/mol. The zero-order chi connectivity index (χ0) is 11.7. The second kappa shape index (κ2) is 4.51. The highest BCUT2D eigenvalue weighted by Gasteiger charge is 2.34. The van der Waals surface area contributed by atoms with Crippen LogP contribution in [0.25, 0.3) is 0 Å². The van der Waals surface area contributed by atoms with Crippen molar-refractivity contribution in [3.63, 3.8) is 0 Å². The van der Waals surface area contributed by atoms with E-state index in [2.05, 4.69) is 21.2 Å². The van der Waals surface area contributed by atoms with Crippen LogP contribution < -0.4 is 5.32 Å². The van der Waals surface area contributed by atoms with Gasteiger partial charge in [0.2, 0.25) is 0 Å². The Balaban J connectivity index is 2.32. The molecular weight excluding hydrogens is 277 g/mol. The maximum atomic E-state index is 12.9. The fraction of sp³-hybridized carbons (Fsp3) is 0.364. The number of benzene rings is 1. The van der Waals surface area contributed by atoms with Crippen LogP contribution in [-0.2, 0) is 4.79 Å². The molecule has 0 amide bonds. The first-order valence-corrected chi connectivity index (χ1v) is 5.77. The predicted molar refractivity (Wildman–Crippen MR) is 60.8 cm³/mol. The van der Waals surface area contributed by atoms with Crippen molar-refractivity contribution >= 4 is 21.9 Å². The fourth-order valence-corrected chi connectivity index (χ4v) is 2.71. The molecule has 16 heavy (non-hydrogen) atoms. The molecule has 0 bridgehead atoms. The van der Waals surface area contributed by atoms with Crippen molar-refractivity contribution in [2.45, 2.75) is 5.92 Å². The molecule has 2 unspecified atom stereocenters. The van der Waals surface area contributed by atoms with Crippen LogP contribution in [0.1, 0.15) is 11.5 Å². The topological polar surface area (TPSA) is 49.3 Å². The lowest BCUT2D eigenvalue weighted by atomic mass is 9.89. The molecule has 0 saturated carbocycles. The number of rotatable bonds is 2. The highest BCUT2D eigenvalue weighted by atomic mass is 79.9. The lowest BCUT2D eigenvalue weighted by Crippen LogP contribution is -2.21. The highest BCUT2D eigenvalue weighted by molar-refractivity contribution is 9.10. The van der Waals surface area contributed by atoms with E-state index in [0.29, 0.717) is 17.6 Å². The molecule has 2 N–H and O–H groups in total. The van der Waals surface area contributed by atoms with Crippen LogP contribution in [0.5, 0.6) is 0 Å². The number of carboxylic acid groups (broad SMARTS) is 1. The van der Waals surface area contributed by atoms with E-state index in [1.54, 1.807) is 6.07 Å². The van der Waals surface area contributed by atoms with Crippen LogP contribution in [0, 0.1) is 11.7 Å². The zero-order valence-corrected chi connectivity index (χ0v) is 10.00. The molecule has 5 heteroatoms. The first-order valence-electron chi connectivity index (χ1n) is 4.98. The fourth-order valence-electron chi connectivity index (χ4n) is 2.07. The summed E-state index contributed by atoms with van der Waals surface area (Å²) < 4.78 is 13.6. The van der Waals surface area contributed by atoms with E-state index in [9.17, 15) is 9.18 Å². The number of hydrogen-bond acceptors (Lipinski definition) is 2. The van der Waals surface area contributed by atoms with E-state index >= 15 is 0 Å². The van der Waals surface area contributed by atoms with Crippen LogP contribution in [0.3, 0.4) is 0 Å². The number of aliphatic carboxylic acids is 1. The summed E-state index contributed by atoms with van der Waals surface area (Å²) in [6, 6.07) is 4.37. The van der Waals surface area contributed by atoms with E-state index in [1.165, 1.54) is 12.1 Å². The van der Waals surface area contributed by atoms with Crippen LogP contribution in [0.15, 0.2) is 22.7 Å². The summed E-state index contributed by atoms with van der Waals surface area (Å²) in [5.74, 6) is -1.69. The predicted octanol–water partition coefficient (Wildman–Crippen LogP) is 1.98. The van der Waals surface area contributed by atoms with Gasteiger partial charge in [0.15, 0.2) is 0 Å². The summed E-state index contributed by atoms with van der Waals surface area (Å²) in [6.45, 7) is 1.07. The van der Waals surface area contributed by atoms with E-state index in [1.807, 2.05) is 0 Å². The Morgan fingerprint density at radius 3 is 2.88 bits per heavy atom. The van der Waals surface area contributed by atoms with Gasteiger partial charge in [-0.2, -0.15) is 0 Å². The monoisotopic (exact) mass is 287 g/mol. The standard InChI is InChI=1S/C11H11BrFNO2/c12-10-3-6(13)1-2-7(10)8-4-14-5-9(8)11(15)16/h1-3,8-9,14H,4-5H2,(H,15,16). The van der Waals surface area contributed by atoms with Crippen molar-refractivity contribution in [3.8, 4) is 0 Å². The van der Waals surface area contributed by atoms with E-state index in [-0.39, 0.29) is 11.7 Å². The minimum absolute atomic E-state index is 0.104. The molecule has 1 aliphatic heterocycles. The molecule has 1 heterocycles. The van der Waals surface area contributed by atoms with Gasteiger partial charge in [0.25, 0.3) is 0 Å². The molecule has 0 aromatic heterocycles. The van der Waals surface area contributed by atoms with Crippen LogP contribution in [0.2, 0.25) is 0 Å². The Morgan fingerprint density at radius 2 is 2.25 bits per heavy atom. The van der Waals surface area contributed by atoms with Gasteiger partial charge in [-0.15, -0.1) is 0 Å². The molecule has 2 atom stereocenters. The second-order valence-corrected chi connectivity index (χ2v) is 4.73. The number of carboxylic acids is 1. The number of halogens is 2. The molecule has 1 aromatic carbocycles. The molecule has 1 aromatic rings. The van der Waals surface area contributed by atoms with Crippen molar-refractivity contribution < 1.29 is 14.3 Å². The third kappa shape index (κ3) is 2.10. The number of hydrogen-bond donors (Lipinski definition) is 2. The average Bonchev–Trinajstić information content (AvgIpc) is 2.66. The van der Waals surface area contributed by atoms with Gasteiger partial charge in [-0.25, -0.2) is 4.39 Å². The molecule has 2 rings (SSSR count). The summed E-state index contributed by atoms with van der Waals surface area (Å²) in [7, 11) is 0. The first kappa shape index (κ1) is 11.5. The molecule has 1 saturated heterocycles. The van der Waals surface area contributed by atoms with Crippen LogP contribution >= 0.6 is 15.9 Å². The van der Waals surface area contributed by atoms with Crippen molar-refractivity contribution in [2.75, 3.05) is 13.1 Å². The van der Waals surface area contributed by atoms with E-state index in [0.717, 1.165) is 5.56 Å². The third-order valence-electron chi connectivity index (χ3n) is 2.89. The number of nitrogens with one attached hydrogen (secondary N) is 1. The quantitative estimate of drug-likeness (QED) is 0.875. The first-order chi connectivity index (χ1) is 7.59. The molecule has 86 valence electrons. The molecule has 3 nitrogen and oxygen atoms in total. The Labute approximate surface area is 101 Å². The molecule has 1 fully saturated rings. The van der Waals surface area contributed by atoms with Crippen molar-refractivity contribution in [1.82, 2.24) is 5.32 Å². The van der Waals surface area contributed by atoms with Gasteiger partial charge in [0.1, 0.15) is 5.82 Å². The molecule has 0 radical (unpaired) electrons. The summed E-state index contributed by atoms with van der Waals surface area (Å²) in [4.78, 5) is 11.0. The van der Waals surface area contributed by atoms with Gasteiger partial charge >= 0.3 is 5.97 Å². The van der Waals surface area contributed by atoms with Crippen LogP contribution in [-0.4, -0.2) is 24.2 Å². The van der Waals surface area contributed by atoms with Crippen molar-refractivity contribution in [3.05, 3.63) is 34.1 Å². The molecule has 1 aliphatic rings. The normalized spacial score (nSPS) is 24.6. The van der Waals surface area contributed by atoms with Gasteiger partial charge in [-0.3, -0.25) is 4.79 Å². The second-order valence-electron chi connectivity index (χ2n) is 3.88. The molecule has 0 aliphatic carbocycles. The van der Waals surface area contributed by atoms with Crippen LogP contribution in [0.4, 0.5) is 4.39 Å². The van der Waals surface area contributed by atoms with Crippen molar-refractivity contribution in [1.29, 1.82) is 0 Å². The summed E-state index contributed by atoms with van der Waals surface area (Å²) in [5, 5.41) is 12.1. The van der Waals surface area contributed by atoms with Gasteiger partial charge in [0.05, 0.1) is 5.92 Å². The van der Waals surface area contributed by atoms with Gasteiger partial charge < -0.3 is 10.4 Å². The maximum absolute atomic E-state index is 12.9. The summed E-state index contributed by atoms with van der Waals surface area (Å²) >= 11 is 3.27. The van der Waals surface area contributed by atoms with Gasteiger partial charge in [-0.05, 0) is 17.7 Å².